The van der Waals surface area contributed by atoms with Gasteiger partial charge in [0, 0.05) is 30.4 Å². The lowest BCUT2D eigenvalue weighted by atomic mass is 10.2. The molecule has 3 heterocycles. The maximum atomic E-state index is 12.8. The Morgan fingerprint density at radius 3 is 2.68 bits per heavy atom. The quantitative estimate of drug-likeness (QED) is 0.726. The Morgan fingerprint density at radius 2 is 1.96 bits per heavy atom. The Morgan fingerprint density at radius 1 is 1.18 bits per heavy atom. The van der Waals surface area contributed by atoms with E-state index in [9.17, 15) is 13.2 Å². The lowest BCUT2D eigenvalue weighted by molar-refractivity contribution is 0.0712. The van der Waals surface area contributed by atoms with Gasteiger partial charge in [0.1, 0.15) is 0 Å². The highest BCUT2D eigenvalue weighted by Crippen LogP contribution is 2.21. The molecule has 3 aromatic rings. The second kappa shape index (κ2) is 7.16. The number of para-hydroxylation sites is 1. The fraction of sp³-hybridized carbons (Fsp3) is 0.263. The molecule has 28 heavy (non-hydrogen) atoms. The number of nitrogens with zero attached hydrogens (tertiary/aromatic N) is 3. The molecule has 0 saturated heterocycles. The van der Waals surface area contributed by atoms with Gasteiger partial charge >= 0.3 is 0 Å². The van der Waals surface area contributed by atoms with Crippen LogP contribution in [0.3, 0.4) is 0 Å². The molecule has 0 radical (unpaired) electrons. The van der Waals surface area contributed by atoms with Crippen LogP contribution in [0.2, 0.25) is 0 Å². The standard InChI is InChI=1S/C19H20N4O4S/c1-14-8-11-27-18(14)19(24)22-9-5-10-23-16(13-22)12-17(20-23)28(25,26)21-15-6-3-2-4-7-15/h2-4,6-8,11-12,21H,5,9-10,13H2,1H3. The molecule has 1 N–H and O–H groups in total. The van der Waals surface area contributed by atoms with Gasteiger partial charge in [0.05, 0.1) is 18.5 Å². The number of sulfonamides is 1. The van der Waals surface area contributed by atoms with Crippen LogP contribution in [0.25, 0.3) is 0 Å². The first kappa shape index (κ1) is 18.3. The van der Waals surface area contributed by atoms with Crippen molar-refractivity contribution in [2.75, 3.05) is 11.3 Å². The van der Waals surface area contributed by atoms with Gasteiger partial charge in [-0.1, -0.05) is 18.2 Å². The average Bonchev–Trinajstić information content (AvgIpc) is 3.23. The maximum absolute atomic E-state index is 12.8. The van der Waals surface area contributed by atoms with Crippen LogP contribution >= 0.6 is 0 Å². The number of aryl methyl sites for hydroxylation is 2. The molecular formula is C19H20N4O4S. The molecular weight excluding hydrogens is 380 g/mol. The molecule has 8 nitrogen and oxygen atoms in total. The van der Waals surface area contributed by atoms with E-state index in [1.54, 1.807) is 39.9 Å². The Hall–Kier alpha value is -3.07. The summed E-state index contributed by atoms with van der Waals surface area (Å²) in [6.45, 7) is 3.18. The zero-order chi connectivity index (χ0) is 19.7. The number of carbonyl (C=O) groups is 1. The van der Waals surface area contributed by atoms with Crippen LogP contribution in [0.15, 0.2) is 58.2 Å². The minimum absolute atomic E-state index is 0.0603. The summed E-state index contributed by atoms with van der Waals surface area (Å²) in [7, 11) is -3.81. The highest BCUT2D eigenvalue weighted by molar-refractivity contribution is 7.92. The summed E-state index contributed by atoms with van der Waals surface area (Å²) in [5, 5.41) is 4.20. The zero-order valence-electron chi connectivity index (χ0n) is 15.3. The number of hydrogen-bond acceptors (Lipinski definition) is 5. The smallest absolute Gasteiger partial charge is 0.290 e. The van der Waals surface area contributed by atoms with Crippen LogP contribution in [0.1, 0.15) is 28.2 Å². The first-order valence-corrected chi connectivity index (χ1v) is 10.4. The van der Waals surface area contributed by atoms with Gasteiger partial charge in [0.25, 0.3) is 15.9 Å². The summed E-state index contributed by atoms with van der Waals surface area (Å²) in [6, 6.07) is 11.9. The molecule has 1 amide bonds. The van der Waals surface area contributed by atoms with Crippen molar-refractivity contribution in [2.24, 2.45) is 0 Å². The average molecular weight is 400 g/mol. The predicted octanol–water partition coefficient (Wildman–Crippen LogP) is 2.63. The minimum Gasteiger partial charge on any atom is -0.459 e. The maximum Gasteiger partial charge on any atom is 0.290 e. The molecule has 0 saturated carbocycles. The van der Waals surface area contributed by atoms with Crippen LogP contribution in [0, 0.1) is 6.92 Å². The van der Waals surface area contributed by atoms with Crippen molar-refractivity contribution in [1.29, 1.82) is 0 Å². The van der Waals surface area contributed by atoms with Crippen molar-refractivity contribution >= 4 is 21.6 Å². The van der Waals surface area contributed by atoms with Gasteiger partial charge in [-0.15, -0.1) is 0 Å². The molecule has 4 rings (SSSR count). The SMILES string of the molecule is Cc1ccoc1C(=O)N1CCCn2nc(S(=O)(=O)Nc3ccccc3)cc2C1. The zero-order valence-corrected chi connectivity index (χ0v) is 16.1. The fourth-order valence-corrected chi connectivity index (χ4v) is 4.24. The summed E-state index contributed by atoms with van der Waals surface area (Å²) < 4.78 is 34.8. The molecule has 1 aliphatic heterocycles. The lowest BCUT2D eigenvalue weighted by Gasteiger charge is -2.18. The Bertz CT molecular complexity index is 1100. The molecule has 1 aromatic carbocycles. The summed E-state index contributed by atoms with van der Waals surface area (Å²) in [4.78, 5) is 14.4. The molecule has 2 aromatic heterocycles. The first-order chi connectivity index (χ1) is 13.4. The number of benzene rings is 1. The van der Waals surface area contributed by atoms with E-state index in [0.29, 0.717) is 36.7 Å². The number of furan rings is 1. The second-order valence-corrected chi connectivity index (χ2v) is 8.31. The number of nitrogens with one attached hydrogen (secondary N) is 1. The van der Waals surface area contributed by atoms with Gasteiger partial charge in [-0.2, -0.15) is 13.5 Å². The molecule has 0 aliphatic carbocycles. The second-order valence-electron chi connectivity index (χ2n) is 6.68. The highest BCUT2D eigenvalue weighted by Gasteiger charge is 2.27. The molecule has 146 valence electrons. The normalized spacial score (nSPS) is 14.4. The molecule has 0 spiro atoms. The third-order valence-electron chi connectivity index (χ3n) is 4.64. The van der Waals surface area contributed by atoms with E-state index < -0.39 is 10.0 Å². The van der Waals surface area contributed by atoms with Crippen molar-refractivity contribution in [3.8, 4) is 0 Å². The number of anilines is 1. The molecule has 0 unspecified atom stereocenters. The largest absolute Gasteiger partial charge is 0.459 e. The van der Waals surface area contributed by atoms with Crippen LogP contribution in [-0.2, 0) is 23.1 Å². The number of rotatable bonds is 4. The molecule has 1 aliphatic rings. The topological polar surface area (TPSA) is 97.4 Å². The number of hydrogen-bond donors (Lipinski definition) is 1. The van der Waals surface area contributed by atoms with Crippen LogP contribution < -0.4 is 4.72 Å². The summed E-state index contributed by atoms with van der Waals surface area (Å²) in [5.74, 6) is 0.107. The minimum atomic E-state index is -3.81. The summed E-state index contributed by atoms with van der Waals surface area (Å²) in [6.07, 6.45) is 2.16. The van der Waals surface area contributed by atoms with Gasteiger partial charge in [-0.05, 0) is 31.5 Å². The highest BCUT2D eigenvalue weighted by atomic mass is 32.2. The Labute approximate surface area is 162 Å². The van der Waals surface area contributed by atoms with Crippen molar-refractivity contribution in [1.82, 2.24) is 14.7 Å². The molecule has 0 bridgehead atoms. The third kappa shape index (κ3) is 3.53. The Balaban J connectivity index is 1.58. The molecule has 0 atom stereocenters. The predicted molar refractivity (Wildman–Crippen MR) is 102 cm³/mol. The first-order valence-electron chi connectivity index (χ1n) is 8.92. The van der Waals surface area contributed by atoms with Crippen LogP contribution in [0.4, 0.5) is 5.69 Å². The van der Waals surface area contributed by atoms with Gasteiger partial charge in [0.15, 0.2) is 10.8 Å². The van der Waals surface area contributed by atoms with E-state index in [1.165, 1.54) is 12.3 Å². The van der Waals surface area contributed by atoms with Crippen molar-refractivity contribution < 1.29 is 17.6 Å². The summed E-state index contributed by atoms with van der Waals surface area (Å²) in [5.41, 5.74) is 1.91. The van der Waals surface area contributed by atoms with E-state index in [-0.39, 0.29) is 17.5 Å². The molecule has 9 heteroatoms. The van der Waals surface area contributed by atoms with E-state index in [4.69, 9.17) is 4.42 Å². The van der Waals surface area contributed by atoms with Crippen molar-refractivity contribution in [3.63, 3.8) is 0 Å². The van der Waals surface area contributed by atoms with E-state index in [0.717, 1.165) is 5.56 Å². The fourth-order valence-electron chi connectivity index (χ4n) is 3.19. The Kier molecular flexibility index (Phi) is 4.68. The summed E-state index contributed by atoms with van der Waals surface area (Å²) >= 11 is 0. The van der Waals surface area contributed by atoms with Crippen molar-refractivity contribution in [2.45, 2.75) is 31.5 Å². The number of fused-ring (bicyclic) bond motifs is 1. The molecule has 0 fully saturated rings. The third-order valence-corrected chi connectivity index (χ3v) is 5.89. The monoisotopic (exact) mass is 400 g/mol. The van der Waals surface area contributed by atoms with Crippen LogP contribution in [-0.4, -0.2) is 35.6 Å². The number of aromatic nitrogens is 2. The lowest BCUT2D eigenvalue weighted by Crippen LogP contribution is -2.30. The van der Waals surface area contributed by atoms with Crippen LogP contribution in [0.5, 0.6) is 0 Å². The van der Waals surface area contributed by atoms with E-state index in [1.807, 2.05) is 13.0 Å². The van der Waals surface area contributed by atoms with Crippen molar-refractivity contribution in [3.05, 3.63) is 65.7 Å². The van der Waals surface area contributed by atoms with E-state index >= 15 is 0 Å². The number of carbonyl (C=O) groups excluding carboxylic acids is 1. The van der Waals surface area contributed by atoms with Gasteiger partial charge < -0.3 is 9.32 Å². The van der Waals surface area contributed by atoms with Gasteiger partial charge in [0.2, 0.25) is 0 Å². The van der Waals surface area contributed by atoms with Gasteiger partial charge in [-0.3, -0.25) is 14.2 Å². The number of amides is 1. The van der Waals surface area contributed by atoms with Gasteiger partial charge in [-0.25, -0.2) is 0 Å². The van der Waals surface area contributed by atoms with E-state index in [2.05, 4.69) is 9.82 Å².